The van der Waals surface area contributed by atoms with Crippen molar-refractivity contribution in [2.24, 2.45) is 0 Å². The lowest BCUT2D eigenvalue weighted by atomic mass is 10.0. The number of benzene rings is 2. The van der Waals surface area contributed by atoms with Crippen LogP contribution in [0.1, 0.15) is 11.3 Å². The molecule has 8 heteroatoms. The van der Waals surface area contributed by atoms with E-state index in [4.69, 9.17) is 9.47 Å². The Balaban J connectivity index is 1.78. The van der Waals surface area contributed by atoms with E-state index in [0.29, 0.717) is 6.54 Å². The summed E-state index contributed by atoms with van der Waals surface area (Å²) in [4.78, 5) is 13.2. The summed E-state index contributed by atoms with van der Waals surface area (Å²) in [6, 6.07) is 11.2. The van der Waals surface area contributed by atoms with Crippen LogP contribution in [-0.4, -0.2) is 42.5 Å². The van der Waals surface area contributed by atoms with E-state index >= 15 is 0 Å². The molecule has 0 saturated carbocycles. The van der Waals surface area contributed by atoms with Gasteiger partial charge in [0.1, 0.15) is 5.75 Å². The van der Waals surface area contributed by atoms with Crippen LogP contribution < -0.4 is 14.4 Å². The summed E-state index contributed by atoms with van der Waals surface area (Å²) in [5.41, 5.74) is 4.74. The van der Waals surface area contributed by atoms with Crippen LogP contribution in [0, 0.1) is 10.1 Å². The molecule has 2 heterocycles. The quantitative estimate of drug-likeness (QED) is 0.486. The highest BCUT2D eigenvalue weighted by atomic mass is 16.6. The molecule has 0 bridgehead atoms. The molecule has 3 aromatic rings. The fraction of sp³-hybridized carbons (Fsp3) is 0.286. The zero-order valence-corrected chi connectivity index (χ0v) is 16.6. The largest absolute Gasteiger partial charge is 0.497 e. The second-order valence-electron chi connectivity index (χ2n) is 6.98. The monoisotopic (exact) mass is 394 g/mol. The van der Waals surface area contributed by atoms with E-state index in [-0.39, 0.29) is 11.4 Å². The van der Waals surface area contributed by atoms with E-state index in [2.05, 4.69) is 10.00 Å². The van der Waals surface area contributed by atoms with Gasteiger partial charge in [-0.2, -0.15) is 5.10 Å². The van der Waals surface area contributed by atoms with Crippen molar-refractivity contribution >= 4 is 11.4 Å². The molecule has 0 N–H and O–H groups in total. The number of rotatable bonds is 5. The molecule has 0 aliphatic carbocycles. The van der Waals surface area contributed by atoms with E-state index in [1.807, 2.05) is 36.0 Å². The van der Waals surface area contributed by atoms with Crippen LogP contribution in [0.4, 0.5) is 11.4 Å². The lowest BCUT2D eigenvalue weighted by molar-refractivity contribution is -0.385. The second-order valence-corrected chi connectivity index (χ2v) is 6.98. The van der Waals surface area contributed by atoms with Gasteiger partial charge in [0.05, 0.1) is 31.9 Å². The Kier molecular flexibility index (Phi) is 4.84. The van der Waals surface area contributed by atoms with Crippen molar-refractivity contribution in [3.05, 3.63) is 64.0 Å². The normalized spacial score (nSPS) is 12.7. The number of hydrogen-bond acceptors (Lipinski definition) is 6. The van der Waals surface area contributed by atoms with Crippen LogP contribution in [-0.2, 0) is 13.0 Å². The van der Waals surface area contributed by atoms with Gasteiger partial charge in [-0.1, -0.05) is 12.1 Å². The lowest BCUT2D eigenvalue weighted by Gasteiger charge is -2.20. The van der Waals surface area contributed by atoms with Crippen LogP contribution in [0.3, 0.4) is 0 Å². The molecular weight excluding hydrogens is 372 g/mol. The van der Waals surface area contributed by atoms with Crippen LogP contribution >= 0.6 is 0 Å². The molecule has 0 fully saturated rings. The van der Waals surface area contributed by atoms with Gasteiger partial charge in [-0.05, 0) is 17.7 Å². The van der Waals surface area contributed by atoms with E-state index in [1.54, 1.807) is 25.4 Å². The van der Waals surface area contributed by atoms with Crippen molar-refractivity contribution in [3.8, 4) is 22.6 Å². The van der Waals surface area contributed by atoms with Gasteiger partial charge in [-0.25, -0.2) is 0 Å². The van der Waals surface area contributed by atoms with Crippen LogP contribution in [0.5, 0.6) is 11.5 Å². The minimum Gasteiger partial charge on any atom is -0.497 e. The number of nitro benzene ring substituents is 1. The number of likely N-dealkylation sites (N-methyl/N-ethyl adjacent to an activating group) is 1. The first-order valence-electron chi connectivity index (χ1n) is 9.27. The van der Waals surface area contributed by atoms with E-state index < -0.39 is 4.92 Å². The molecule has 29 heavy (non-hydrogen) atoms. The average molecular weight is 394 g/mol. The number of ether oxygens (including phenoxy) is 2. The highest BCUT2D eigenvalue weighted by Gasteiger charge is 2.27. The summed E-state index contributed by atoms with van der Waals surface area (Å²) in [6.07, 6.45) is 2.58. The number of aromatic nitrogens is 2. The molecule has 2 aromatic carbocycles. The van der Waals surface area contributed by atoms with Gasteiger partial charge in [0, 0.05) is 54.7 Å². The van der Waals surface area contributed by atoms with Crippen molar-refractivity contribution in [2.75, 3.05) is 32.7 Å². The Hall–Kier alpha value is -3.55. The number of nitrogens with zero attached hydrogens (tertiary/aromatic N) is 4. The topological polar surface area (TPSA) is 82.7 Å². The third-order valence-electron chi connectivity index (χ3n) is 5.32. The molecule has 0 amide bonds. The van der Waals surface area contributed by atoms with E-state index in [0.717, 1.165) is 46.8 Å². The van der Waals surface area contributed by atoms with Crippen LogP contribution in [0.25, 0.3) is 11.1 Å². The predicted molar refractivity (Wildman–Crippen MR) is 110 cm³/mol. The molecule has 1 aliphatic rings. The average Bonchev–Trinajstić information content (AvgIpc) is 3.07. The van der Waals surface area contributed by atoms with Crippen molar-refractivity contribution in [3.63, 3.8) is 0 Å². The number of nitro groups is 1. The summed E-state index contributed by atoms with van der Waals surface area (Å²) in [7, 11) is 5.07. The first kappa shape index (κ1) is 18.8. The lowest BCUT2D eigenvalue weighted by Crippen LogP contribution is -2.20. The van der Waals surface area contributed by atoms with Gasteiger partial charge < -0.3 is 14.4 Å². The Morgan fingerprint density at radius 2 is 1.90 bits per heavy atom. The number of fused-ring (bicyclic) bond motifs is 3. The van der Waals surface area contributed by atoms with Gasteiger partial charge in [-0.3, -0.25) is 14.8 Å². The first-order chi connectivity index (χ1) is 14.0. The van der Waals surface area contributed by atoms with E-state index in [9.17, 15) is 10.1 Å². The van der Waals surface area contributed by atoms with E-state index in [1.165, 1.54) is 7.11 Å². The minimum atomic E-state index is -0.411. The summed E-state index contributed by atoms with van der Waals surface area (Å²) < 4.78 is 12.4. The Morgan fingerprint density at radius 3 is 2.55 bits per heavy atom. The summed E-state index contributed by atoms with van der Waals surface area (Å²) in [5.74, 6) is 1.07. The third kappa shape index (κ3) is 3.37. The third-order valence-corrected chi connectivity index (χ3v) is 5.32. The number of hydrogen-bond donors (Lipinski definition) is 0. The predicted octanol–water partition coefficient (Wildman–Crippen LogP) is 3.52. The second kappa shape index (κ2) is 7.46. The van der Waals surface area contributed by atoms with Gasteiger partial charge in [0.2, 0.25) is 0 Å². The number of methoxy groups -OCH3 is 2. The number of anilines is 1. The summed E-state index contributed by atoms with van der Waals surface area (Å²) in [6.45, 7) is 1.39. The summed E-state index contributed by atoms with van der Waals surface area (Å²) >= 11 is 0. The summed E-state index contributed by atoms with van der Waals surface area (Å²) in [5, 5.41) is 16.1. The highest BCUT2D eigenvalue weighted by Crippen LogP contribution is 2.42. The minimum absolute atomic E-state index is 0.0459. The molecule has 0 unspecified atom stereocenters. The first-order valence-corrected chi connectivity index (χ1v) is 9.27. The van der Waals surface area contributed by atoms with Gasteiger partial charge in [0.25, 0.3) is 0 Å². The SMILES string of the molecule is COc1ccc(Cn2ncc3c2CCN(C)c2cc(OC)c([N+](=O)[O-])cc2-3)cc1. The maximum absolute atomic E-state index is 11.5. The van der Waals surface area contributed by atoms with Crippen molar-refractivity contribution in [1.29, 1.82) is 0 Å². The molecular formula is C21H22N4O4. The standard InChI is InChI=1S/C21H22N4O4/c1-23-9-8-18-17(16-10-20(25(26)27)21(29-3)11-19(16)23)12-22-24(18)13-14-4-6-15(28-2)7-5-14/h4-7,10-12H,8-9,13H2,1-3H3. The maximum Gasteiger partial charge on any atom is 0.311 e. The maximum atomic E-state index is 11.5. The van der Waals surface area contributed by atoms with Crippen molar-refractivity contribution < 1.29 is 14.4 Å². The Morgan fingerprint density at radius 1 is 1.14 bits per heavy atom. The fourth-order valence-electron chi connectivity index (χ4n) is 3.73. The zero-order chi connectivity index (χ0) is 20.5. The Bertz CT molecular complexity index is 1060. The molecule has 150 valence electrons. The smallest absolute Gasteiger partial charge is 0.311 e. The molecule has 4 rings (SSSR count). The highest BCUT2D eigenvalue weighted by molar-refractivity contribution is 5.84. The van der Waals surface area contributed by atoms with Crippen LogP contribution in [0.15, 0.2) is 42.6 Å². The van der Waals surface area contributed by atoms with Gasteiger partial charge >= 0.3 is 5.69 Å². The van der Waals surface area contributed by atoms with Crippen molar-refractivity contribution in [1.82, 2.24) is 9.78 Å². The fourth-order valence-corrected chi connectivity index (χ4v) is 3.73. The molecule has 0 radical (unpaired) electrons. The molecule has 8 nitrogen and oxygen atoms in total. The Labute approximate surface area is 168 Å². The molecule has 1 aromatic heterocycles. The van der Waals surface area contributed by atoms with Gasteiger partial charge in [0.15, 0.2) is 5.75 Å². The molecule has 0 saturated heterocycles. The molecule has 0 atom stereocenters. The van der Waals surface area contributed by atoms with Crippen molar-refractivity contribution in [2.45, 2.75) is 13.0 Å². The molecule has 0 spiro atoms. The van der Waals surface area contributed by atoms with Crippen LogP contribution in [0.2, 0.25) is 0 Å². The zero-order valence-electron chi connectivity index (χ0n) is 16.6. The molecule has 1 aliphatic heterocycles. The van der Waals surface area contributed by atoms with Gasteiger partial charge in [-0.15, -0.1) is 0 Å².